The van der Waals surface area contributed by atoms with Crippen molar-refractivity contribution in [2.24, 2.45) is 0 Å². The first-order valence-electron chi connectivity index (χ1n) is 8.50. The van der Waals surface area contributed by atoms with E-state index in [-0.39, 0.29) is 12.1 Å². The maximum absolute atomic E-state index is 12.5. The third kappa shape index (κ3) is 4.05. The van der Waals surface area contributed by atoms with Gasteiger partial charge in [-0.15, -0.1) is 0 Å². The highest BCUT2D eigenvalue weighted by Crippen LogP contribution is 2.31. The molecule has 2 aromatic rings. The summed E-state index contributed by atoms with van der Waals surface area (Å²) < 4.78 is 11.1. The maximum atomic E-state index is 12.5. The van der Waals surface area contributed by atoms with Crippen LogP contribution < -0.4 is 14.8 Å². The minimum atomic E-state index is -0.106. The molecule has 2 aromatic carbocycles. The Morgan fingerprint density at radius 1 is 1.16 bits per heavy atom. The van der Waals surface area contributed by atoms with Crippen LogP contribution in [0.15, 0.2) is 42.5 Å². The van der Waals surface area contributed by atoms with Gasteiger partial charge in [0, 0.05) is 13.6 Å². The maximum Gasteiger partial charge on any atom is 0.317 e. The van der Waals surface area contributed by atoms with E-state index in [0.717, 1.165) is 22.6 Å². The molecule has 1 heterocycles. The number of hydrogen-bond acceptors (Lipinski definition) is 3. The van der Waals surface area contributed by atoms with Crippen LogP contribution in [0.4, 0.5) is 4.79 Å². The van der Waals surface area contributed by atoms with Crippen LogP contribution in [-0.4, -0.2) is 31.2 Å². The van der Waals surface area contributed by atoms with Gasteiger partial charge in [-0.2, -0.15) is 0 Å². The zero-order valence-corrected chi connectivity index (χ0v) is 14.9. The van der Waals surface area contributed by atoms with Crippen LogP contribution in [0, 0.1) is 6.92 Å². The van der Waals surface area contributed by atoms with E-state index in [1.54, 1.807) is 11.9 Å². The highest BCUT2D eigenvalue weighted by Gasteiger charge is 2.16. The number of nitrogens with zero attached hydrogens (tertiary/aromatic N) is 1. The van der Waals surface area contributed by atoms with Gasteiger partial charge in [-0.1, -0.05) is 30.3 Å². The minimum Gasteiger partial charge on any atom is -0.486 e. The normalized spacial score (nSPS) is 13.9. The van der Waals surface area contributed by atoms with Crippen molar-refractivity contribution in [1.82, 2.24) is 10.2 Å². The van der Waals surface area contributed by atoms with Gasteiger partial charge in [-0.05, 0) is 42.7 Å². The number of fused-ring (bicyclic) bond motifs is 1. The van der Waals surface area contributed by atoms with Crippen LogP contribution in [0.3, 0.4) is 0 Å². The van der Waals surface area contributed by atoms with Crippen molar-refractivity contribution in [3.05, 3.63) is 59.2 Å². The summed E-state index contributed by atoms with van der Waals surface area (Å²) >= 11 is 0. The van der Waals surface area contributed by atoms with Gasteiger partial charge >= 0.3 is 6.03 Å². The molecule has 0 radical (unpaired) electrons. The second-order valence-electron chi connectivity index (χ2n) is 6.36. The average molecular weight is 340 g/mol. The molecule has 1 atom stereocenters. The number of nitrogens with one attached hydrogen (secondary N) is 1. The standard InChI is InChI=1S/C20H24N2O3/c1-14-6-4-5-7-17(14)15(2)21-20(23)22(3)13-16-8-9-18-19(12-16)25-11-10-24-18/h4-9,12,15H,10-11,13H2,1-3H3,(H,21,23). The van der Waals surface area contributed by atoms with Crippen molar-refractivity contribution in [2.45, 2.75) is 26.4 Å². The summed E-state index contributed by atoms with van der Waals surface area (Å²) in [5.41, 5.74) is 3.30. The number of carbonyl (C=O) groups is 1. The van der Waals surface area contributed by atoms with E-state index in [4.69, 9.17) is 9.47 Å². The monoisotopic (exact) mass is 340 g/mol. The quantitative estimate of drug-likeness (QED) is 0.924. The molecule has 0 spiro atoms. The number of ether oxygens (including phenoxy) is 2. The fourth-order valence-electron chi connectivity index (χ4n) is 2.98. The first-order chi connectivity index (χ1) is 12.0. The SMILES string of the molecule is Cc1ccccc1C(C)NC(=O)N(C)Cc1ccc2c(c1)OCCO2. The Morgan fingerprint density at radius 3 is 2.64 bits per heavy atom. The van der Waals surface area contributed by atoms with Gasteiger partial charge in [0.15, 0.2) is 11.5 Å². The predicted molar refractivity (Wildman–Crippen MR) is 97.0 cm³/mol. The predicted octanol–water partition coefficient (Wildman–Crippen LogP) is 3.67. The summed E-state index contributed by atoms with van der Waals surface area (Å²) in [6, 6.07) is 13.7. The molecular weight excluding hydrogens is 316 g/mol. The molecule has 5 nitrogen and oxygen atoms in total. The van der Waals surface area contributed by atoms with Gasteiger partial charge < -0.3 is 19.7 Å². The van der Waals surface area contributed by atoms with Crippen LogP contribution >= 0.6 is 0 Å². The Morgan fingerprint density at radius 2 is 1.88 bits per heavy atom. The van der Waals surface area contributed by atoms with Crippen molar-refractivity contribution in [3.8, 4) is 11.5 Å². The molecule has 1 unspecified atom stereocenters. The van der Waals surface area contributed by atoms with Crippen molar-refractivity contribution in [1.29, 1.82) is 0 Å². The summed E-state index contributed by atoms with van der Waals surface area (Å²) in [7, 11) is 1.79. The highest BCUT2D eigenvalue weighted by molar-refractivity contribution is 5.74. The topological polar surface area (TPSA) is 50.8 Å². The molecular formula is C20H24N2O3. The molecule has 0 aromatic heterocycles. The van der Waals surface area contributed by atoms with Crippen molar-refractivity contribution >= 4 is 6.03 Å². The van der Waals surface area contributed by atoms with E-state index in [1.807, 2.05) is 43.3 Å². The number of hydrogen-bond donors (Lipinski definition) is 1. The second-order valence-corrected chi connectivity index (χ2v) is 6.36. The molecule has 5 heteroatoms. The van der Waals surface area contributed by atoms with Crippen LogP contribution in [0.2, 0.25) is 0 Å². The third-order valence-electron chi connectivity index (χ3n) is 4.37. The Labute approximate surface area is 148 Å². The largest absolute Gasteiger partial charge is 0.486 e. The molecule has 2 amide bonds. The third-order valence-corrected chi connectivity index (χ3v) is 4.37. The molecule has 132 valence electrons. The summed E-state index contributed by atoms with van der Waals surface area (Å²) in [5.74, 6) is 1.50. The lowest BCUT2D eigenvalue weighted by molar-refractivity contribution is 0.171. The van der Waals surface area contributed by atoms with E-state index in [1.165, 1.54) is 5.56 Å². The van der Waals surface area contributed by atoms with E-state index in [9.17, 15) is 4.79 Å². The first-order valence-corrected chi connectivity index (χ1v) is 8.50. The summed E-state index contributed by atoms with van der Waals surface area (Å²) in [4.78, 5) is 14.2. The zero-order chi connectivity index (χ0) is 17.8. The number of benzene rings is 2. The van der Waals surface area contributed by atoms with Gasteiger partial charge in [0.2, 0.25) is 0 Å². The Bertz CT molecular complexity index is 760. The van der Waals surface area contributed by atoms with Crippen molar-refractivity contribution in [3.63, 3.8) is 0 Å². The summed E-state index contributed by atoms with van der Waals surface area (Å²) in [6.07, 6.45) is 0. The van der Waals surface area contributed by atoms with Gasteiger partial charge in [0.25, 0.3) is 0 Å². The first kappa shape index (κ1) is 17.1. The number of amides is 2. The van der Waals surface area contributed by atoms with Gasteiger partial charge in [-0.3, -0.25) is 0 Å². The molecule has 0 aliphatic carbocycles. The summed E-state index contributed by atoms with van der Waals surface area (Å²) in [6.45, 7) is 5.68. The highest BCUT2D eigenvalue weighted by atomic mass is 16.6. The number of urea groups is 1. The molecule has 0 bridgehead atoms. The lowest BCUT2D eigenvalue weighted by Gasteiger charge is -2.23. The molecule has 1 N–H and O–H groups in total. The van der Waals surface area contributed by atoms with Crippen LogP contribution in [0.1, 0.15) is 29.7 Å². The van der Waals surface area contributed by atoms with E-state index < -0.39 is 0 Å². The molecule has 0 saturated heterocycles. The van der Waals surface area contributed by atoms with Crippen molar-refractivity contribution in [2.75, 3.05) is 20.3 Å². The second kappa shape index (κ2) is 7.47. The summed E-state index contributed by atoms with van der Waals surface area (Å²) in [5, 5.41) is 3.05. The average Bonchev–Trinajstić information content (AvgIpc) is 2.61. The molecule has 0 fully saturated rings. The Hall–Kier alpha value is -2.69. The fourth-order valence-corrected chi connectivity index (χ4v) is 2.98. The van der Waals surface area contributed by atoms with E-state index >= 15 is 0 Å². The van der Waals surface area contributed by atoms with Gasteiger partial charge in [0.1, 0.15) is 13.2 Å². The van der Waals surface area contributed by atoms with Crippen LogP contribution in [-0.2, 0) is 6.54 Å². The molecule has 1 aliphatic rings. The van der Waals surface area contributed by atoms with E-state index in [2.05, 4.69) is 18.3 Å². The lowest BCUT2D eigenvalue weighted by Crippen LogP contribution is -2.38. The van der Waals surface area contributed by atoms with Gasteiger partial charge in [-0.25, -0.2) is 4.79 Å². The van der Waals surface area contributed by atoms with Gasteiger partial charge in [0.05, 0.1) is 6.04 Å². The smallest absolute Gasteiger partial charge is 0.317 e. The fraction of sp³-hybridized carbons (Fsp3) is 0.350. The van der Waals surface area contributed by atoms with Crippen LogP contribution in [0.5, 0.6) is 11.5 Å². The minimum absolute atomic E-state index is 0.0450. The Balaban J connectivity index is 1.62. The number of aryl methyl sites for hydroxylation is 1. The lowest BCUT2D eigenvalue weighted by atomic mass is 10.0. The molecule has 25 heavy (non-hydrogen) atoms. The Kier molecular flexibility index (Phi) is 5.12. The number of rotatable bonds is 4. The zero-order valence-electron chi connectivity index (χ0n) is 14.9. The molecule has 0 saturated carbocycles. The number of carbonyl (C=O) groups excluding carboxylic acids is 1. The van der Waals surface area contributed by atoms with Crippen LogP contribution in [0.25, 0.3) is 0 Å². The van der Waals surface area contributed by atoms with Crippen molar-refractivity contribution < 1.29 is 14.3 Å². The van der Waals surface area contributed by atoms with E-state index in [0.29, 0.717) is 19.8 Å². The molecule has 3 rings (SSSR count). The molecule has 1 aliphatic heterocycles.